The molecule has 0 aliphatic heterocycles. The highest BCUT2D eigenvalue weighted by atomic mass is 32.1. The molecule has 0 atom stereocenters. The van der Waals surface area contributed by atoms with Gasteiger partial charge in [-0.2, -0.15) is 0 Å². The van der Waals surface area contributed by atoms with Crippen LogP contribution in [-0.4, -0.2) is 16.9 Å². The maximum absolute atomic E-state index is 13.7. The zero-order valence-electron chi connectivity index (χ0n) is 10.9. The highest BCUT2D eigenvalue weighted by Gasteiger charge is 2.20. The van der Waals surface area contributed by atoms with Gasteiger partial charge in [-0.1, -0.05) is 25.0 Å². The van der Waals surface area contributed by atoms with Gasteiger partial charge in [0.05, 0.1) is 6.20 Å². The number of carbonyl (C=O) groups excluding carboxylic acids is 1. The number of halogens is 1. The lowest BCUT2D eigenvalue weighted by atomic mass is 10.2. The normalized spacial score (nSPS) is 15.4. The minimum Gasteiger partial charge on any atom is -0.349 e. The first-order valence-corrected chi connectivity index (χ1v) is 7.57. The predicted octanol–water partition coefficient (Wildman–Crippen LogP) is 3.62. The zero-order chi connectivity index (χ0) is 13.9. The summed E-state index contributed by atoms with van der Waals surface area (Å²) in [5, 5.41) is 3.55. The van der Waals surface area contributed by atoms with E-state index in [1.165, 1.54) is 36.4 Å². The third kappa shape index (κ3) is 2.72. The first-order valence-electron chi connectivity index (χ1n) is 6.75. The molecule has 1 N–H and O–H groups in total. The van der Waals surface area contributed by atoms with Crippen LogP contribution in [-0.2, 0) is 0 Å². The molecule has 1 aromatic carbocycles. The zero-order valence-corrected chi connectivity index (χ0v) is 11.8. The van der Waals surface area contributed by atoms with Crippen molar-refractivity contribution in [3.63, 3.8) is 0 Å². The first-order chi connectivity index (χ1) is 9.74. The molecule has 3 rings (SSSR count). The number of aromatic nitrogens is 1. The Morgan fingerprint density at radius 1 is 1.30 bits per heavy atom. The molecule has 0 spiro atoms. The number of hydrogen-bond donors (Lipinski definition) is 1. The SMILES string of the molecule is O=C(NC1CCCC1)c1cnc(-c2ccccc2F)s1. The maximum atomic E-state index is 13.7. The van der Waals surface area contributed by atoms with Gasteiger partial charge in [0.2, 0.25) is 0 Å². The first kappa shape index (κ1) is 13.2. The van der Waals surface area contributed by atoms with Crippen LogP contribution >= 0.6 is 11.3 Å². The lowest BCUT2D eigenvalue weighted by Crippen LogP contribution is -2.31. The van der Waals surface area contributed by atoms with Crippen molar-refractivity contribution in [1.29, 1.82) is 0 Å². The number of nitrogens with one attached hydrogen (secondary N) is 1. The largest absolute Gasteiger partial charge is 0.349 e. The van der Waals surface area contributed by atoms with E-state index in [1.807, 2.05) is 0 Å². The maximum Gasteiger partial charge on any atom is 0.263 e. The highest BCUT2D eigenvalue weighted by molar-refractivity contribution is 7.16. The molecule has 1 saturated carbocycles. The van der Waals surface area contributed by atoms with E-state index in [-0.39, 0.29) is 17.8 Å². The summed E-state index contributed by atoms with van der Waals surface area (Å²) in [5.74, 6) is -0.415. The van der Waals surface area contributed by atoms with Gasteiger partial charge in [0, 0.05) is 11.6 Å². The standard InChI is InChI=1S/C15H15FN2OS/c16-12-8-4-3-7-11(12)15-17-9-13(20-15)14(19)18-10-5-1-2-6-10/h3-4,7-10H,1-2,5-6H2,(H,18,19). The van der Waals surface area contributed by atoms with Crippen molar-refractivity contribution in [3.8, 4) is 10.6 Å². The second-order valence-electron chi connectivity index (χ2n) is 4.96. The Bertz CT molecular complexity index is 620. The van der Waals surface area contributed by atoms with Crippen molar-refractivity contribution in [2.24, 2.45) is 0 Å². The van der Waals surface area contributed by atoms with Gasteiger partial charge in [-0.25, -0.2) is 9.37 Å². The molecule has 1 fully saturated rings. The fourth-order valence-corrected chi connectivity index (χ4v) is 3.31. The molecule has 3 nitrogen and oxygen atoms in total. The Balaban J connectivity index is 1.76. The minimum atomic E-state index is -0.315. The number of rotatable bonds is 3. The van der Waals surface area contributed by atoms with E-state index in [2.05, 4.69) is 10.3 Å². The van der Waals surface area contributed by atoms with Gasteiger partial charge in [0.25, 0.3) is 5.91 Å². The van der Waals surface area contributed by atoms with E-state index in [9.17, 15) is 9.18 Å². The fraction of sp³-hybridized carbons (Fsp3) is 0.333. The van der Waals surface area contributed by atoms with Crippen LogP contribution in [0.1, 0.15) is 35.4 Å². The summed E-state index contributed by atoms with van der Waals surface area (Å²) < 4.78 is 13.7. The van der Waals surface area contributed by atoms with E-state index in [0.717, 1.165) is 12.8 Å². The lowest BCUT2D eigenvalue weighted by Gasteiger charge is -2.09. The molecule has 0 saturated heterocycles. The number of benzene rings is 1. The van der Waals surface area contributed by atoms with E-state index in [4.69, 9.17) is 0 Å². The van der Waals surface area contributed by atoms with E-state index in [1.54, 1.807) is 18.2 Å². The van der Waals surface area contributed by atoms with Crippen LogP contribution in [0.3, 0.4) is 0 Å². The Hall–Kier alpha value is -1.75. The van der Waals surface area contributed by atoms with E-state index in [0.29, 0.717) is 15.4 Å². The molecule has 1 heterocycles. The summed E-state index contributed by atoms with van der Waals surface area (Å²) in [6.45, 7) is 0. The van der Waals surface area contributed by atoms with Crippen LogP contribution in [0.15, 0.2) is 30.5 Å². The summed E-state index contributed by atoms with van der Waals surface area (Å²) in [4.78, 5) is 16.8. The monoisotopic (exact) mass is 290 g/mol. The molecule has 2 aromatic rings. The van der Waals surface area contributed by atoms with E-state index < -0.39 is 0 Å². The van der Waals surface area contributed by atoms with Crippen molar-refractivity contribution < 1.29 is 9.18 Å². The van der Waals surface area contributed by atoms with Gasteiger partial charge < -0.3 is 5.32 Å². The highest BCUT2D eigenvalue weighted by Crippen LogP contribution is 2.27. The van der Waals surface area contributed by atoms with Crippen LogP contribution in [0.5, 0.6) is 0 Å². The van der Waals surface area contributed by atoms with Crippen LogP contribution < -0.4 is 5.32 Å². The van der Waals surface area contributed by atoms with Crippen molar-refractivity contribution in [2.75, 3.05) is 0 Å². The van der Waals surface area contributed by atoms with Crippen LogP contribution in [0.25, 0.3) is 10.6 Å². The second kappa shape index (κ2) is 5.71. The Labute approximate surface area is 120 Å². The summed E-state index contributed by atoms with van der Waals surface area (Å²) in [7, 11) is 0. The molecule has 0 bridgehead atoms. The van der Waals surface area contributed by atoms with Gasteiger partial charge in [-0.3, -0.25) is 4.79 Å². The number of nitrogens with zero attached hydrogens (tertiary/aromatic N) is 1. The van der Waals surface area contributed by atoms with Crippen molar-refractivity contribution in [3.05, 3.63) is 41.2 Å². The van der Waals surface area contributed by atoms with Crippen molar-refractivity contribution in [2.45, 2.75) is 31.7 Å². The number of hydrogen-bond acceptors (Lipinski definition) is 3. The molecule has 1 amide bonds. The number of amides is 1. The number of thiazole rings is 1. The molecule has 0 unspecified atom stereocenters. The Morgan fingerprint density at radius 2 is 2.05 bits per heavy atom. The Kier molecular flexibility index (Phi) is 3.78. The molecular weight excluding hydrogens is 275 g/mol. The van der Waals surface area contributed by atoms with Gasteiger partial charge in [0.1, 0.15) is 15.7 Å². The molecule has 20 heavy (non-hydrogen) atoms. The average Bonchev–Trinajstić information content (AvgIpc) is 3.10. The van der Waals surface area contributed by atoms with Gasteiger partial charge in [-0.05, 0) is 25.0 Å². The fourth-order valence-electron chi connectivity index (χ4n) is 2.46. The molecule has 1 aliphatic rings. The molecule has 1 aliphatic carbocycles. The second-order valence-corrected chi connectivity index (χ2v) is 6.00. The van der Waals surface area contributed by atoms with Gasteiger partial charge >= 0.3 is 0 Å². The average molecular weight is 290 g/mol. The van der Waals surface area contributed by atoms with Crippen LogP contribution in [0.2, 0.25) is 0 Å². The molecule has 0 radical (unpaired) electrons. The third-order valence-electron chi connectivity index (χ3n) is 3.52. The van der Waals surface area contributed by atoms with Crippen LogP contribution in [0, 0.1) is 5.82 Å². The molecule has 5 heteroatoms. The summed E-state index contributed by atoms with van der Waals surface area (Å²) >= 11 is 1.23. The van der Waals surface area contributed by atoms with Crippen molar-refractivity contribution in [1.82, 2.24) is 10.3 Å². The quantitative estimate of drug-likeness (QED) is 0.938. The lowest BCUT2D eigenvalue weighted by molar-refractivity contribution is 0.0942. The molecule has 1 aromatic heterocycles. The topological polar surface area (TPSA) is 42.0 Å². The molecular formula is C15H15FN2OS. The van der Waals surface area contributed by atoms with Gasteiger partial charge in [-0.15, -0.1) is 11.3 Å². The third-order valence-corrected chi connectivity index (χ3v) is 4.55. The predicted molar refractivity (Wildman–Crippen MR) is 77.2 cm³/mol. The minimum absolute atomic E-state index is 0.100. The van der Waals surface area contributed by atoms with Crippen molar-refractivity contribution >= 4 is 17.2 Å². The van der Waals surface area contributed by atoms with Gasteiger partial charge in [0.15, 0.2) is 0 Å². The van der Waals surface area contributed by atoms with E-state index >= 15 is 0 Å². The van der Waals surface area contributed by atoms with Crippen LogP contribution in [0.4, 0.5) is 4.39 Å². The number of carbonyl (C=O) groups is 1. The Morgan fingerprint density at radius 3 is 2.80 bits per heavy atom. The summed E-state index contributed by atoms with van der Waals surface area (Å²) in [6, 6.07) is 6.75. The molecule has 104 valence electrons. The summed E-state index contributed by atoms with van der Waals surface area (Å²) in [6.07, 6.45) is 5.97. The smallest absolute Gasteiger partial charge is 0.263 e. The summed E-state index contributed by atoms with van der Waals surface area (Å²) in [5.41, 5.74) is 0.442.